The molecule has 0 bridgehead atoms. The van der Waals surface area contributed by atoms with Gasteiger partial charge in [-0.15, -0.1) is 0 Å². The largest absolute Gasteiger partial charge is 0.391 e. The summed E-state index contributed by atoms with van der Waals surface area (Å²) in [6.45, 7) is 6.03. The molecule has 1 unspecified atom stereocenters. The Bertz CT molecular complexity index is 256. The molecule has 100 valence electrons. The maximum Gasteiger partial charge on any atom is 0.220 e. The third-order valence-corrected chi connectivity index (χ3v) is 3.62. The van der Waals surface area contributed by atoms with Gasteiger partial charge in [-0.25, -0.2) is 0 Å². The number of nitrogens with one attached hydrogen (secondary N) is 1. The molecule has 0 aliphatic rings. The monoisotopic (exact) mass is 258 g/mol. The fraction of sp³-hybridized carbons (Fsp3) is 0.846. The molecule has 1 atom stereocenters. The first-order valence-electron chi connectivity index (χ1n) is 6.57. The molecule has 0 heterocycles. The predicted octanol–water partition coefficient (Wildman–Crippen LogP) is 2.92. The van der Waals surface area contributed by atoms with Crippen molar-refractivity contribution < 1.29 is 4.79 Å². The second-order valence-corrected chi connectivity index (χ2v) is 5.20. The van der Waals surface area contributed by atoms with Gasteiger partial charge in [-0.05, 0) is 19.8 Å². The van der Waals surface area contributed by atoms with Gasteiger partial charge in [0.2, 0.25) is 5.91 Å². The first kappa shape index (κ1) is 16.4. The number of hydrogen-bond donors (Lipinski definition) is 2. The van der Waals surface area contributed by atoms with Gasteiger partial charge >= 0.3 is 0 Å². The molecule has 3 N–H and O–H groups in total. The highest BCUT2D eigenvalue weighted by atomic mass is 32.1. The fourth-order valence-corrected chi connectivity index (χ4v) is 1.78. The van der Waals surface area contributed by atoms with Crippen molar-refractivity contribution >= 4 is 23.1 Å². The second-order valence-electron chi connectivity index (χ2n) is 4.76. The fourth-order valence-electron chi connectivity index (χ4n) is 1.58. The Hall–Kier alpha value is -0.640. The highest BCUT2D eigenvalue weighted by Gasteiger charge is 2.26. The van der Waals surface area contributed by atoms with Gasteiger partial charge in [-0.2, -0.15) is 0 Å². The van der Waals surface area contributed by atoms with Gasteiger partial charge in [-0.1, -0.05) is 51.7 Å². The molecule has 0 aromatic carbocycles. The van der Waals surface area contributed by atoms with Gasteiger partial charge in [0.1, 0.15) is 0 Å². The van der Waals surface area contributed by atoms with E-state index in [9.17, 15) is 4.79 Å². The average molecular weight is 258 g/mol. The summed E-state index contributed by atoms with van der Waals surface area (Å²) in [6.07, 6.45) is 7.05. The van der Waals surface area contributed by atoms with Crippen molar-refractivity contribution in [3.05, 3.63) is 0 Å². The van der Waals surface area contributed by atoms with Crippen LogP contribution in [0.1, 0.15) is 65.7 Å². The highest BCUT2D eigenvalue weighted by Crippen LogP contribution is 2.11. The van der Waals surface area contributed by atoms with Gasteiger partial charge in [0.05, 0.1) is 10.5 Å². The first-order chi connectivity index (χ1) is 7.96. The van der Waals surface area contributed by atoms with E-state index in [1.807, 2.05) is 13.8 Å². The third-order valence-electron chi connectivity index (χ3n) is 3.17. The summed E-state index contributed by atoms with van der Waals surface area (Å²) in [5.74, 6) is 0.0543. The maximum atomic E-state index is 11.7. The molecular formula is C13H26N2OS. The molecule has 4 heteroatoms. The predicted molar refractivity (Wildman–Crippen MR) is 77.0 cm³/mol. The number of unbranched alkanes of at least 4 members (excludes halogenated alkanes) is 4. The standard InChI is InChI=1S/C13H26N2OS/c1-4-6-7-8-9-10-11(16)15-13(3,5-2)12(14)17/h4-10H2,1-3H3,(H2,14,17)(H,15,16). The van der Waals surface area contributed by atoms with Crippen LogP contribution >= 0.6 is 12.2 Å². The zero-order chi connectivity index (χ0) is 13.3. The molecule has 0 aromatic heterocycles. The number of rotatable bonds is 9. The number of carbonyl (C=O) groups is 1. The quantitative estimate of drug-likeness (QED) is 0.494. The van der Waals surface area contributed by atoms with Crippen molar-refractivity contribution in [2.24, 2.45) is 5.73 Å². The molecule has 0 spiro atoms. The van der Waals surface area contributed by atoms with Crippen LogP contribution in [-0.4, -0.2) is 16.4 Å². The van der Waals surface area contributed by atoms with Crippen molar-refractivity contribution in [3.63, 3.8) is 0 Å². The van der Waals surface area contributed by atoms with Crippen molar-refractivity contribution in [2.75, 3.05) is 0 Å². The van der Waals surface area contributed by atoms with Gasteiger partial charge in [-0.3, -0.25) is 4.79 Å². The van der Waals surface area contributed by atoms with Gasteiger partial charge < -0.3 is 11.1 Å². The topological polar surface area (TPSA) is 55.1 Å². The van der Waals surface area contributed by atoms with E-state index in [1.165, 1.54) is 19.3 Å². The Balaban J connectivity index is 3.88. The molecular weight excluding hydrogens is 232 g/mol. The van der Waals surface area contributed by atoms with Crippen LogP contribution in [0.15, 0.2) is 0 Å². The lowest BCUT2D eigenvalue weighted by Gasteiger charge is -2.28. The second kappa shape index (κ2) is 8.45. The van der Waals surface area contributed by atoms with Crippen LogP contribution in [0.25, 0.3) is 0 Å². The molecule has 0 aliphatic carbocycles. The zero-order valence-corrected chi connectivity index (χ0v) is 12.2. The first-order valence-corrected chi connectivity index (χ1v) is 6.98. The molecule has 3 nitrogen and oxygen atoms in total. The lowest BCUT2D eigenvalue weighted by molar-refractivity contribution is -0.122. The number of carbonyl (C=O) groups excluding carboxylic acids is 1. The van der Waals surface area contributed by atoms with Crippen molar-refractivity contribution in [2.45, 2.75) is 71.3 Å². The molecule has 0 saturated carbocycles. The average Bonchev–Trinajstić information content (AvgIpc) is 2.28. The Morgan fingerprint density at radius 2 is 1.82 bits per heavy atom. The zero-order valence-electron chi connectivity index (χ0n) is 11.3. The molecule has 0 aliphatic heterocycles. The molecule has 0 rings (SSSR count). The minimum Gasteiger partial charge on any atom is -0.391 e. The summed E-state index contributed by atoms with van der Waals surface area (Å²) in [5.41, 5.74) is 5.11. The molecule has 1 amide bonds. The lowest BCUT2D eigenvalue weighted by atomic mass is 9.98. The van der Waals surface area contributed by atoms with E-state index in [2.05, 4.69) is 12.2 Å². The van der Waals surface area contributed by atoms with Crippen LogP contribution in [0.3, 0.4) is 0 Å². The van der Waals surface area contributed by atoms with Crippen molar-refractivity contribution in [3.8, 4) is 0 Å². The number of thiocarbonyl (C=S) groups is 1. The SMILES string of the molecule is CCCCCCCC(=O)NC(C)(CC)C(N)=S. The Morgan fingerprint density at radius 3 is 2.29 bits per heavy atom. The van der Waals surface area contributed by atoms with Crippen molar-refractivity contribution in [1.82, 2.24) is 5.32 Å². The smallest absolute Gasteiger partial charge is 0.220 e. The Labute approximate surface area is 111 Å². The highest BCUT2D eigenvalue weighted by molar-refractivity contribution is 7.80. The van der Waals surface area contributed by atoms with Crippen LogP contribution in [0, 0.1) is 0 Å². The van der Waals surface area contributed by atoms with Crippen molar-refractivity contribution in [1.29, 1.82) is 0 Å². The summed E-state index contributed by atoms with van der Waals surface area (Å²) in [4.78, 5) is 12.1. The summed E-state index contributed by atoms with van der Waals surface area (Å²) in [7, 11) is 0. The maximum absolute atomic E-state index is 11.7. The van der Waals surface area contributed by atoms with E-state index in [0.717, 1.165) is 19.3 Å². The van der Waals surface area contributed by atoms with E-state index in [1.54, 1.807) is 0 Å². The molecule has 0 saturated heterocycles. The molecule has 0 radical (unpaired) electrons. The Morgan fingerprint density at radius 1 is 1.24 bits per heavy atom. The normalized spacial score (nSPS) is 14.1. The van der Waals surface area contributed by atoms with E-state index < -0.39 is 5.54 Å². The van der Waals surface area contributed by atoms with Gasteiger partial charge in [0, 0.05) is 6.42 Å². The van der Waals surface area contributed by atoms with E-state index in [4.69, 9.17) is 18.0 Å². The summed E-state index contributed by atoms with van der Waals surface area (Å²) in [5, 5.41) is 2.93. The number of amides is 1. The number of hydrogen-bond acceptors (Lipinski definition) is 2. The van der Waals surface area contributed by atoms with Crippen LogP contribution in [0.2, 0.25) is 0 Å². The van der Waals surface area contributed by atoms with E-state index in [0.29, 0.717) is 11.4 Å². The van der Waals surface area contributed by atoms with Crippen LogP contribution in [-0.2, 0) is 4.79 Å². The summed E-state index contributed by atoms with van der Waals surface area (Å²) < 4.78 is 0. The third kappa shape index (κ3) is 6.61. The molecule has 0 fully saturated rings. The van der Waals surface area contributed by atoms with Gasteiger partial charge in [0.25, 0.3) is 0 Å². The molecule has 0 aromatic rings. The Kier molecular flexibility index (Phi) is 8.13. The van der Waals surface area contributed by atoms with Crippen LogP contribution in [0.5, 0.6) is 0 Å². The minimum absolute atomic E-state index is 0.0543. The molecule has 17 heavy (non-hydrogen) atoms. The van der Waals surface area contributed by atoms with Crippen LogP contribution in [0.4, 0.5) is 0 Å². The van der Waals surface area contributed by atoms with Crippen LogP contribution < -0.4 is 11.1 Å². The van der Waals surface area contributed by atoms with E-state index in [-0.39, 0.29) is 5.91 Å². The number of nitrogens with two attached hydrogens (primary N) is 1. The minimum atomic E-state index is -0.532. The van der Waals surface area contributed by atoms with E-state index >= 15 is 0 Å². The summed E-state index contributed by atoms with van der Waals surface area (Å²) >= 11 is 4.98. The summed E-state index contributed by atoms with van der Waals surface area (Å²) in [6, 6.07) is 0. The lowest BCUT2D eigenvalue weighted by Crippen LogP contribution is -2.54. The van der Waals surface area contributed by atoms with Gasteiger partial charge in [0.15, 0.2) is 0 Å².